The second-order valence-corrected chi connectivity index (χ2v) is 10.7. The van der Waals surface area contributed by atoms with Gasteiger partial charge < -0.3 is 10.2 Å². The number of carbonyl (C=O) groups is 2. The van der Waals surface area contributed by atoms with Gasteiger partial charge in [-0.05, 0) is 58.7 Å². The Bertz CT molecular complexity index is 1100. The molecule has 1 aliphatic rings. The minimum absolute atomic E-state index is 0.0545. The van der Waals surface area contributed by atoms with Crippen molar-refractivity contribution in [2.24, 2.45) is 0 Å². The van der Waals surface area contributed by atoms with E-state index in [-0.39, 0.29) is 29.9 Å². The van der Waals surface area contributed by atoms with E-state index in [4.69, 9.17) is 0 Å². The smallest absolute Gasteiger partial charge is 0.264 e. The van der Waals surface area contributed by atoms with Crippen LogP contribution in [0.4, 0.5) is 0 Å². The van der Waals surface area contributed by atoms with Crippen molar-refractivity contribution in [3.63, 3.8) is 0 Å². The topological polar surface area (TPSA) is 67.2 Å². The number of fused-ring (bicyclic) bond motifs is 1. The molecule has 0 radical (unpaired) electrons. The molecule has 0 atom stereocenters. The molecule has 1 fully saturated rings. The van der Waals surface area contributed by atoms with Crippen molar-refractivity contribution in [2.75, 3.05) is 6.54 Å². The summed E-state index contributed by atoms with van der Waals surface area (Å²) in [6.07, 6.45) is 5.31. The van der Waals surface area contributed by atoms with Crippen molar-refractivity contribution < 1.29 is 9.59 Å². The molecule has 32 heavy (non-hydrogen) atoms. The number of nitrogens with zero attached hydrogens (tertiary/aromatic N) is 3. The zero-order valence-electron chi connectivity index (χ0n) is 19.4. The number of hydrogen-bond acceptors (Lipinski definition) is 4. The molecule has 4 rings (SSSR count). The number of carbonyl (C=O) groups excluding carboxylic acids is 2. The van der Waals surface area contributed by atoms with E-state index in [0.29, 0.717) is 4.88 Å². The normalized spacial score (nSPS) is 15.1. The van der Waals surface area contributed by atoms with E-state index in [1.165, 1.54) is 17.8 Å². The number of thiophene rings is 1. The Hall–Kier alpha value is -2.67. The highest BCUT2D eigenvalue weighted by atomic mass is 32.1. The van der Waals surface area contributed by atoms with E-state index in [1.54, 1.807) is 4.90 Å². The second kappa shape index (κ2) is 9.06. The summed E-state index contributed by atoms with van der Waals surface area (Å²) in [6.45, 7) is 7.95. The summed E-state index contributed by atoms with van der Waals surface area (Å²) in [5.74, 6) is -0.162. The largest absolute Gasteiger partial charge is 0.350 e. The highest BCUT2D eigenvalue weighted by Crippen LogP contribution is 2.32. The Kier molecular flexibility index (Phi) is 6.38. The van der Waals surface area contributed by atoms with Gasteiger partial charge in [0, 0.05) is 17.0 Å². The quantitative estimate of drug-likeness (QED) is 0.587. The van der Waals surface area contributed by atoms with E-state index in [1.807, 2.05) is 68.8 Å². The van der Waals surface area contributed by atoms with Crippen LogP contribution in [0.25, 0.3) is 15.9 Å². The molecule has 1 aromatic carbocycles. The number of hydrogen-bond donors (Lipinski definition) is 1. The van der Waals surface area contributed by atoms with Crippen LogP contribution in [0, 0.1) is 6.92 Å². The maximum Gasteiger partial charge on any atom is 0.264 e. The Morgan fingerprint density at radius 3 is 2.50 bits per heavy atom. The molecule has 0 aliphatic heterocycles. The summed E-state index contributed by atoms with van der Waals surface area (Å²) in [5, 5.41) is 8.69. The molecule has 2 amide bonds. The lowest BCUT2D eigenvalue weighted by Gasteiger charge is -2.34. The van der Waals surface area contributed by atoms with Crippen molar-refractivity contribution in [2.45, 2.75) is 71.4 Å². The first kappa shape index (κ1) is 22.5. The lowest BCUT2D eigenvalue weighted by atomic mass is 9.94. The lowest BCUT2D eigenvalue weighted by molar-refractivity contribution is -0.123. The summed E-state index contributed by atoms with van der Waals surface area (Å²) in [5.41, 5.74) is 1.54. The molecule has 0 bridgehead atoms. The fourth-order valence-electron chi connectivity index (χ4n) is 4.41. The fraction of sp³-hybridized carbons (Fsp3) is 0.480. The van der Waals surface area contributed by atoms with Crippen molar-refractivity contribution in [3.8, 4) is 5.69 Å². The standard InChI is InChI=1S/C25H32N4O2S/c1-17-20-15-21(32-24(20)29(27-17)19-13-9-6-10-14-19)23(31)28(18-11-7-5-8-12-18)16-22(30)26-25(2,3)4/h6,9-10,13-15,18H,5,7-8,11-12,16H2,1-4H3,(H,26,30). The van der Waals surface area contributed by atoms with Crippen LogP contribution in [0.2, 0.25) is 0 Å². The highest BCUT2D eigenvalue weighted by molar-refractivity contribution is 7.20. The van der Waals surface area contributed by atoms with Crippen molar-refractivity contribution >= 4 is 33.4 Å². The number of benzene rings is 1. The average molecular weight is 453 g/mol. The first-order chi connectivity index (χ1) is 15.2. The van der Waals surface area contributed by atoms with Crippen LogP contribution >= 0.6 is 11.3 Å². The third-order valence-electron chi connectivity index (χ3n) is 5.86. The summed E-state index contributed by atoms with van der Waals surface area (Å²) in [6, 6.07) is 12.0. The van der Waals surface area contributed by atoms with E-state index in [0.717, 1.165) is 47.3 Å². The minimum atomic E-state index is -0.327. The first-order valence-electron chi connectivity index (χ1n) is 11.4. The molecule has 0 unspecified atom stereocenters. The molecule has 3 aromatic rings. The van der Waals surface area contributed by atoms with Crippen LogP contribution in [0.5, 0.6) is 0 Å². The van der Waals surface area contributed by atoms with Gasteiger partial charge in [-0.3, -0.25) is 9.59 Å². The van der Waals surface area contributed by atoms with Crippen LogP contribution in [0.3, 0.4) is 0 Å². The van der Waals surface area contributed by atoms with Gasteiger partial charge in [-0.15, -0.1) is 11.3 Å². The van der Waals surface area contributed by atoms with E-state index in [2.05, 4.69) is 10.4 Å². The van der Waals surface area contributed by atoms with Gasteiger partial charge in [0.25, 0.3) is 5.91 Å². The zero-order valence-corrected chi connectivity index (χ0v) is 20.2. The molecule has 2 heterocycles. The van der Waals surface area contributed by atoms with Gasteiger partial charge in [0.2, 0.25) is 5.91 Å². The lowest BCUT2D eigenvalue weighted by Crippen LogP contribution is -2.50. The minimum Gasteiger partial charge on any atom is -0.350 e. The van der Waals surface area contributed by atoms with Crippen molar-refractivity contribution in [1.82, 2.24) is 20.0 Å². The molecule has 1 N–H and O–H groups in total. The van der Waals surface area contributed by atoms with E-state index < -0.39 is 0 Å². The van der Waals surface area contributed by atoms with Gasteiger partial charge in [0.15, 0.2) is 0 Å². The zero-order chi connectivity index (χ0) is 22.9. The van der Waals surface area contributed by atoms with Crippen LogP contribution in [0.1, 0.15) is 68.2 Å². The number of aryl methyl sites for hydroxylation is 1. The van der Waals surface area contributed by atoms with Gasteiger partial charge in [-0.25, -0.2) is 4.68 Å². The predicted octanol–water partition coefficient (Wildman–Crippen LogP) is 5.09. The maximum absolute atomic E-state index is 13.7. The molecule has 7 heteroatoms. The molecule has 6 nitrogen and oxygen atoms in total. The van der Waals surface area contributed by atoms with Gasteiger partial charge in [-0.2, -0.15) is 5.10 Å². The van der Waals surface area contributed by atoms with Crippen LogP contribution < -0.4 is 5.32 Å². The summed E-state index contributed by atoms with van der Waals surface area (Å²) in [4.78, 5) is 29.9. The SMILES string of the molecule is Cc1nn(-c2ccccc2)c2sc(C(=O)N(CC(=O)NC(C)(C)C)C3CCCCC3)cc12. The average Bonchev–Trinajstić information content (AvgIpc) is 3.32. The monoisotopic (exact) mass is 452 g/mol. The Balaban J connectivity index is 1.66. The van der Waals surface area contributed by atoms with Crippen LogP contribution in [-0.2, 0) is 4.79 Å². The van der Waals surface area contributed by atoms with Gasteiger partial charge in [0.05, 0.1) is 16.3 Å². The molecular weight excluding hydrogens is 420 g/mol. The van der Waals surface area contributed by atoms with Crippen LogP contribution in [-0.4, -0.2) is 44.6 Å². The predicted molar refractivity (Wildman–Crippen MR) is 129 cm³/mol. The Labute approximate surface area is 193 Å². The highest BCUT2D eigenvalue weighted by Gasteiger charge is 2.30. The molecule has 170 valence electrons. The van der Waals surface area contributed by atoms with E-state index in [9.17, 15) is 9.59 Å². The molecule has 1 aliphatic carbocycles. The number of nitrogens with one attached hydrogen (secondary N) is 1. The summed E-state index contributed by atoms with van der Waals surface area (Å²) >= 11 is 1.46. The second-order valence-electron chi connectivity index (χ2n) is 9.69. The van der Waals surface area contributed by atoms with Crippen molar-refractivity contribution in [3.05, 3.63) is 47.0 Å². The number of amides is 2. The summed E-state index contributed by atoms with van der Waals surface area (Å²) < 4.78 is 1.91. The Morgan fingerprint density at radius 2 is 1.84 bits per heavy atom. The van der Waals surface area contributed by atoms with Crippen LogP contribution in [0.15, 0.2) is 36.4 Å². The maximum atomic E-state index is 13.7. The fourth-order valence-corrected chi connectivity index (χ4v) is 5.55. The molecule has 2 aromatic heterocycles. The molecule has 0 saturated heterocycles. The third kappa shape index (κ3) is 4.88. The molecule has 1 saturated carbocycles. The number of rotatable bonds is 5. The first-order valence-corrected chi connectivity index (χ1v) is 12.2. The number of para-hydroxylation sites is 1. The summed E-state index contributed by atoms with van der Waals surface area (Å²) in [7, 11) is 0. The molecule has 0 spiro atoms. The van der Waals surface area contributed by atoms with Gasteiger partial charge in [0.1, 0.15) is 11.4 Å². The van der Waals surface area contributed by atoms with E-state index >= 15 is 0 Å². The molecular formula is C25H32N4O2S. The third-order valence-corrected chi connectivity index (χ3v) is 6.96. The Morgan fingerprint density at radius 1 is 1.16 bits per heavy atom. The van der Waals surface area contributed by atoms with Gasteiger partial charge >= 0.3 is 0 Å². The van der Waals surface area contributed by atoms with Gasteiger partial charge in [-0.1, -0.05) is 37.5 Å². The van der Waals surface area contributed by atoms with Crippen molar-refractivity contribution in [1.29, 1.82) is 0 Å². The number of aromatic nitrogens is 2.